The van der Waals surface area contributed by atoms with Gasteiger partial charge >= 0.3 is 0 Å². The van der Waals surface area contributed by atoms with Crippen LogP contribution < -0.4 is 5.32 Å². The van der Waals surface area contributed by atoms with Crippen LogP contribution in [0, 0.1) is 6.92 Å². The molecule has 0 saturated carbocycles. The van der Waals surface area contributed by atoms with E-state index in [1.54, 1.807) is 11.3 Å². The second kappa shape index (κ2) is 5.75. The van der Waals surface area contributed by atoms with Crippen LogP contribution in [0.2, 0.25) is 0 Å². The summed E-state index contributed by atoms with van der Waals surface area (Å²) in [5.41, 5.74) is 3.63. The first-order chi connectivity index (χ1) is 9.70. The molecule has 0 aliphatic heterocycles. The predicted molar refractivity (Wildman–Crippen MR) is 82.3 cm³/mol. The Morgan fingerprint density at radius 1 is 1.30 bits per heavy atom. The summed E-state index contributed by atoms with van der Waals surface area (Å²) in [6, 6.07) is 8.33. The molecule has 4 heteroatoms. The Hall–Kier alpha value is -1.68. The molecule has 1 aromatic carbocycles. The second-order valence-corrected chi connectivity index (χ2v) is 6.36. The molecule has 1 heterocycles. The van der Waals surface area contributed by atoms with Crippen molar-refractivity contribution < 1.29 is 4.79 Å². The van der Waals surface area contributed by atoms with Crippen molar-refractivity contribution in [2.75, 3.05) is 5.32 Å². The third-order valence-corrected chi connectivity index (χ3v) is 4.68. The highest BCUT2D eigenvalue weighted by Gasteiger charge is 2.17. The van der Waals surface area contributed by atoms with E-state index >= 15 is 0 Å². The number of fused-ring (bicyclic) bond motifs is 1. The van der Waals surface area contributed by atoms with Gasteiger partial charge in [0.15, 0.2) is 5.13 Å². The normalized spacial score (nSPS) is 13.2. The second-order valence-electron chi connectivity index (χ2n) is 5.28. The van der Waals surface area contributed by atoms with E-state index in [-0.39, 0.29) is 5.91 Å². The van der Waals surface area contributed by atoms with Crippen LogP contribution >= 0.6 is 11.3 Å². The Morgan fingerprint density at radius 2 is 2.10 bits per heavy atom. The molecule has 2 aromatic rings. The van der Waals surface area contributed by atoms with Crippen molar-refractivity contribution in [1.29, 1.82) is 0 Å². The van der Waals surface area contributed by atoms with Crippen LogP contribution in [0.25, 0.3) is 0 Å². The number of hydrogen-bond donors (Lipinski definition) is 1. The summed E-state index contributed by atoms with van der Waals surface area (Å²) in [6.45, 7) is 2.07. The number of carbonyl (C=O) groups is 1. The number of rotatable bonds is 4. The van der Waals surface area contributed by atoms with Gasteiger partial charge in [-0.1, -0.05) is 29.8 Å². The van der Waals surface area contributed by atoms with Gasteiger partial charge in [-0.25, -0.2) is 4.98 Å². The molecule has 3 rings (SSSR count). The fourth-order valence-electron chi connectivity index (χ4n) is 2.44. The van der Waals surface area contributed by atoms with Gasteiger partial charge < -0.3 is 5.32 Å². The lowest BCUT2D eigenvalue weighted by atomic mass is 10.1. The monoisotopic (exact) mass is 286 g/mol. The summed E-state index contributed by atoms with van der Waals surface area (Å²) in [4.78, 5) is 17.8. The number of aromatic nitrogens is 1. The van der Waals surface area contributed by atoms with Crippen molar-refractivity contribution >= 4 is 22.4 Å². The molecular formula is C16H18N2OS. The molecule has 1 aliphatic carbocycles. The first-order valence-electron chi connectivity index (χ1n) is 7.05. The number of aryl methyl sites for hydroxylation is 4. The van der Waals surface area contributed by atoms with Crippen molar-refractivity contribution in [1.82, 2.24) is 4.98 Å². The summed E-state index contributed by atoms with van der Waals surface area (Å²) in [7, 11) is 0. The third-order valence-electron chi connectivity index (χ3n) is 3.60. The fraction of sp³-hybridized carbons (Fsp3) is 0.375. The molecule has 104 valence electrons. The zero-order valence-corrected chi connectivity index (χ0v) is 12.4. The molecule has 0 atom stereocenters. The first kappa shape index (κ1) is 13.3. The molecular weight excluding hydrogens is 268 g/mol. The zero-order valence-electron chi connectivity index (χ0n) is 11.6. The molecule has 0 bridgehead atoms. The van der Waals surface area contributed by atoms with Crippen molar-refractivity contribution in [3.8, 4) is 0 Å². The highest BCUT2D eigenvalue weighted by atomic mass is 32.1. The van der Waals surface area contributed by atoms with E-state index in [1.165, 1.54) is 28.1 Å². The van der Waals surface area contributed by atoms with Gasteiger partial charge in [0.2, 0.25) is 5.91 Å². The molecule has 0 saturated heterocycles. The van der Waals surface area contributed by atoms with Crippen LogP contribution in [0.4, 0.5) is 5.13 Å². The van der Waals surface area contributed by atoms with Crippen LogP contribution in [0.5, 0.6) is 0 Å². The van der Waals surface area contributed by atoms with Gasteiger partial charge in [-0.05, 0) is 38.2 Å². The zero-order chi connectivity index (χ0) is 13.9. The van der Waals surface area contributed by atoms with Crippen molar-refractivity contribution in [3.05, 3.63) is 46.0 Å². The molecule has 0 radical (unpaired) electrons. The number of anilines is 1. The van der Waals surface area contributed by atoms with Crippen LogP contribution in [-0.2, 0) is 24.1 Å². The van der Waals surface area contributed by atoms with Crippen LogP contribution in [0.15, 0.2) is 24.3 Å². The van der Waals surface area contributed by atoms with Gasteiger partial charge in [-0.3, -0.25) is 4.79 Å². The largest absolute Gasteiger partial charge is 0.302 e. The lowest BCUT2D eigenvalue weighted by Crippen LogP contribution is -2.12. The van der Waals surface area contributed by atoms with Crippen molar-refractivity contribution in [3.63, 3.8) is 0 Å². The average molecular weight is 286 g/mol. The summed E-state index contributed by atoms with van der Waals surface area (Å²) < 4.78 is 0. The Morgan fingerprint density at radius 3 is 2.85 bits per heavy atom. The molecule has 3 nitrogen and oxygen atoms in total. The van der Waals surface area contributed by atoms with Gasteiger partial charge in [0.25, 0.3) is 0 Å². The van der Waals surface area contributed by atoms with E-state index in [0.29, 0.717) is 6.42 Å². The number of nitrogens with one attached hydrogen (secondary N) is 1. The molecule has 0 unspecified atom stereocenters. The number of amides is 1. The van der Waals surface area contributed by atoms with Gasteiger partial charge in [0.05, 0.1) is 5.69 Å². The Labute approximate surface area is 123 Å². The van der Waals surface area contributed by atoms with Crippen molar-refractivity contribution in [2.45, 2.75) is 39.0 Å². The Kier molecular flexibility index (Phi) is 3.83. The van der Waals surface area contributed by atoms with Gasteiger partial charge in [0, 0.05) is 11.3 Å². The predicted octanol–water partition coefficient (Wildman–Crippen LogP) is 3.51. The first-order valence-corrected chi connectivity index (χ1v) is 7.86. The van der Waals surface area contributed by atoms with Gasteiger partial charge in [0.1, 0.15) is 0 Å². The fourth-order valence-corrected chi connectivity index (χ4v) is 3.50. The maximum absolute atomic E-state index is 11.9. The van der Waals surface area contributed by atoms with Crippen LogP contribution in [-0.4, -0.2) is 10.9 Å². The highest BCUT2D eigenvalue weighted by molar-refractivity contribution is 7.15. The van der Waals surface area contributed by atoms with E-state index in [4.69, 9.17) is 0 Å². The average Bonchev–Trinajstić information content (AvgIpc) is 2.99. The summed E-state index contributed by atoms with van der Waals surface area (Å²) in [5, 5.41) is 3.69. The quantitative estimate of drug-likeness (QED) is 0.934. The van der Waals surface area contributed by atoms with Gasteiger partial charge in [-0.15, -0.1) is 11.3 Å². The minimum atomic E-state index is 0.0537. The number of carbonyl (C=O) groups excluding carboxylic acids is 1. The topological polar surface area (TPSA) is 42.0 Å². The standard InChI is InChI=1S/C16H18N2OS/c1-11-5-7-12(8-6-11)9-10-15(19)18-16-17-13-3-2-4-14(13)20-16/h5-8H,2-4,9-10H2,1H3,(H,17,18,19). The number of nitrogens with zero attached hydrogens (tertiary/aromatic N) is 1. The lowest BCUT2D eigenvalue weighted by Gasteiger charge is -2.03. The summed E-state index contributed by atoms with van der Waals surface area (Å²) in [6.07, 6.45) is 4.66. The summed E-state index contributed by atoms with van der Waals surface area (Å²) >= 11 is 1.63. The molecule has 1 amide bonds. The van der Waals surface area contributed by atoms with E-state index in [9.17, 15) is 4.79 Å². The van der Waals surface area contributed by atoms with E-state index in [0.717, 1.165) is 24.4 Å². The molecule has 1 aromatic heterocycles. The minimum Gasteiger partial charge on any atom is -0.302 e. The van der Waals surface area contributed by atoms with Crippen molar-refractivity contribution in [2.24, 2.45) is 0 Å². The molecule has 1 aliphatic rings. The molecule has 1 N–H and O–H groups in total. The maximum Gasteiger partial charge on any atom is 0.226 e. The highest BCUT2D eigenvalue weighted by Crippen LogP contribution is 2.30. The number of hydrogen-bond acceptors (Lipinski definition) is 3. The smallest absolute Gasteiger partial charge is 0.226 e. The molecule has 20 heavy (non-hydrogen) atoms. The van der Waals surface area contributed by atoms with Gasteiger partial charge in [-0.2, -0.15) is 0 Å². The Bertz CT molecular complexity index is 594. The Balaban J connectivity index is 1.53. The number of thiazole rings is 1. The number of benzene rings is 1. The molecule has 0 fully saturated rings. The molecule has 0 spiro atoms. The lowest BCUT2D eigenvalue weighted by molar-refractivity contribution is -0.116. The van der Waals surface area contributed by atoms with E-state index in [2.05, 4.69) is 41.5 Å². The SMILES string of the molecule is Cc1ccc(CCC(=O)Nc2nc3c(s2)CCC3)cc1. The summed E-state index contributed by atoms with van der Waals surface area (Å²) in [5.74, 6) is 0.0537. The van der Waals surface area contributed by atoms with E-state index in [1.807, 2.05) is 0 Å². The third kappa shape index (κ3) is 3.07. The van der Waals surface area contributed by atoms with Crippen LogP contribution in [0.3, 0.4) is 0 Å². The maximum atomic E-state index is 11.9. The van der Waals surface area contributed by atoms with E-state index < -0.39 is 0 Å². The van der Waals surface area contributed by atoms with Crippen LogP contribution in [0.1, 0.15) is 34.5 Å². The minimum absolute atomic E-state index is 0.0537.